The second-order valence-corrected chi connectivity index (χ2v) is 12.9. The molecule has 5 heteroatoms. The molecule has 3 aromatic rings. The van der Waals surface area contributed by atoms with Crippen molar-refractivity contribution in [2.24, 2.45) is 11.1 Å². The highest BCUT2D eigenvalue weighted by Crippen LogP contribution is 2.51. The van der Waals surface area contributed by atoms with Crippen LogP contribution in [0, 0.1) is 37.5 Å². The number of nitrogens with zero attached hydrogens (tertiary/aromatic N) is 2. The standard InChI is InChI=1S/C35H37N3OS/c1-22-11-9-10-14-29(22)38-30-17-35(4,5)18-31(39)33(30)32(28(19-36)34(38)37)27-16-26(23(2)15-24(27)3)21-40-20-25-12-7-6-8-13-25/h6-16,32H,17-18,20-21,37H2,1-5H3. The van der Waals surface area contributed by atoms with E-state index in [1.807, 2.05) is 53.9 Å². The molecule has 204 valence electrons. The van der Waals surface area contributed by atoms with Gasteiger partial charge in [0.25, 0.3) is 0 Å². The summed E-state index contributed by atoms with van der Waals surface area (Å²) in [7, 11) is 0. The molecule has 2 aliphatic rings. The van der Waals surface area contributed by atoms with Crippen molar-refractivity contribution in [3.63, 3.8) is 0 Å². The van der Waals surface area contributed by atoms with E-state index in [4.69, 9.17) is 5.73 Å². The highest BCUT2D eigenvalue weighted by atomic mass is 32.2. The number of allylic oxidation sites excluding steroid dienone is 3. The lowest BCUT2D eigenvalue weighted by atomic mass is 9.68. The maximum atomic E-state index is 14.0. The van der Waals surface area contributed by atoms with Crippen molar-refractivity contribution >= 4 is 23.2 Å². The first-order valence-corrected chi connectivity index (χ1v) is 15.0. The van der Waals surface area contributed by atoms with Crippen molar-refractivity contribution in [1.82, 2.24) is 0 Å². The van der Waals surface area contributed by atoms with Gasteiger partial charge < -0.3 is 5.73 Å². The predicted molar refractivity (Wildman–Crippen MR) is 166 cm³/mol. The van der Waals surface area contributed by atoms with Crippen molar-refractivity contribution in [2.45, 2.75) is 64.9 Å². The average Bonchev–Trinajstić information content (AvgIpc) is 2.90. The molecule has 1 unspecified atom stereocenters. The highest BCUT2D eigenvalue weighted by Gasteiger charge is 2.45. The van der Waals surface area contributed by atoms with Gasteiger partial charge in [0.2, 0.25) is 0 Å². The van der Waals surface area contributed by atoms with E-state index in [2.05, 4.69) is 70.2 Å². The summed E-state index contributed by atoms with van der Waals surface area (Å²) >= 11 is 1.88. The van der Waals surface area contributed by atoms with E-state index in [9.17, 15) is 10.1 Å². The van der Waals surface area contributed by atoms with Gasteiger partial charge in [0.05, 0.1) is 23.2 Å². The zero-order valence-corrected chi connectivity index (χ0v) is 24.9. The lowest BCUT2D eigenvalue weighted by molar-refractivity contribution is -0.118. The molecule has 40 heavy (non-hydrogen) atoms. The number of nitrogens with two attached hydrogens (primary N) is 1. The molecular formula is C35H37N3OS. The number of para-hydroxylation sites is 1. The molecule has 0 aromatic heterocycles. The van der Waals surface area contributed by atoms with Crippen LogP contribution in [-0.4, -0.2) is 5.78 Å². The van der Waals surface area contributed by atoms with E-state index < -0.39 is 5.92 Å². The third-order valence-corrected chi connectivity index (χ3v) is 9.19. The summed E-state index contributed by atoms with van der Waals surface area (Å²) in [5.41, 5.74) is 16.6. The smallest absolute Gasteiger partial charge is 0.162 e. The summed E-state index contributed by atoms with van der Waals surface area (Å²) in [6.07, 6.45) is 1.16. The number of carbonyl (C=O) groups excluding carboxylic acids is 1. The zero-order valence-electron chi connectivity index (χ0n) is 24.0. The number of ketones is 1. The molecule has 0 bridgehead atoms. The number of benzene rings is 3. The molecule has 0 radical (unpaired) electrons. The van der Waals surface area contributed by atoms with Crippen LogP contribution in [0.1, 0.15) is 66.0 Å². The van der Waals surface area contributed by atoms with Crippen molar-refractivity contribution < 1.29 is 4.79 Å². The van der Waals surface area contributed by atoms with E-state index in [0.717, 1.165) is 45.2 Å². The quantitative estimate of drug-likeness (QED) is 0.339. The van der Waals surface area contributed by atoms with E-state index in [0.29, 0.717) is 24.2 Å². The number of rotatable bonds is 6. The maximum Gasteiger partial charge on any atom is 0.162 e. The molecule has 0 fully saturated rings. The van der Waals surface area contributed by atoms with Gasteiger partial charge in [0.1, 0.15) is 5.82 Å². The van der Waals surface area contributed by atoms with Crippen molar-refractivity contribution in [2.75, 3.05) is 4.90 Å². The fourth-order valence-corrected chi connectivity index (χ4v) is 7.21. The number of hydrogen-bond acceptors (Lipinski definition) is 5. The van der Waals surface area contributed by atoms with Gasteiger partial charge in [0.15, 0.2) is 5.78 Å². The topological polar surface area (TPSA) is 70.1 Å². The summed E-state index contributed by atoms with van der Waals surface area (Å²) in [5.74, 6) is 1.84. The van der Waals surface area contributed by atoms with Crippen molar-refractivity contribution in [3.05, 3.63) is 123 Å². The van der Waals surface area contributed by atoms with E-state index in [1.165, 1.54) is 16.7 Å². The molecule has 3 aromatic carbocycles. The van der Waals surface area contributed by atoms with E-state index >= 15 is 0 Å². The lowest BCUT2D eigenvalue weighted by Gasteiger charge is -2.44. The fraction of sp³-hybridized carbons (Fsp3) is 0.314. The first kappa shape index (κ1) is 27.8. The van der Waals surface area contributed by atoms with E-state index in [-0.39, 0.29) is 11.2 Å². The van der Waals surface area contributed by atoms with Crippen LogP contribution < -0.4 is 10.6 Å². The van der Waals surface area contributed by atoms with Crippen LogP contribution in [0.2, 0.25) is 0 Å². The molecule has 5 rings (SSSR count). The zero-order chi connectivity index (χ0) is 28.6. The van der Waals surface area contributed by atoms with Gasteiger partial charge in [-0.3, -0.25) is 9.69 Å². The normalized spacial score (nSPS) is 18.6. The highest BCUT2D eigenvalue weighted by molar-refractivity contribution is 7.97. The number of anilines is 1. The molecule has 2 N–H and O–H groups in total. The molecular weight excluding hydrogens is 510 g/mol. The summed E-state index contributed by atoms with van der Waals surface area (Å²) in [6, 6.07) is 25.4. The Morgan fingerprint density at radius 3 is 2.35 bits per heavy atom. The Hall–Kier alpha value is -3.75. The molecule has 1 heterocycles. The first-order valence-electron chi connectivity index (χ1n) is 13.8. The largest absolute Gasteiger partial charge is 0.384 e. The van der Waals surface area contributed by atoms with Crippen LogP contribution in [0.3, 0.4) is 0 Å². The minimum atomic E-state index is -0.470. The van der Waals surface area contributed by atoms with Crippen LogP contribution in [0.5, 0.6) is 0 Å². The Kier molecular flexibility index (Phi) is 7.66. The molecule has 1 atom stereocenters. The number of nitriles is 1. The Morgan fingerprint density at radius 1 is 0.950 bits per heavy atom. The van der Waals surface area contributed by atoms with Gasteiger partial charge in [-0.1, -0.05) is 74.5 Å². The fourth-order valence-electron chi connectivity index (χ4n) is 6.15. The van der Waals surface area contributed by atoms with Crippen LogP contribution in [0.4, 0.5) is 5.69 Å². The van der Waals surface area contributed by atoms with Gasteiger partial charge in [-0.2, -0.15) is 17.0 Å². The van der Waals surface area contributed by atoms with Gasteiger partial charge in [-0.05, 0) is 72.1 Å². The van der Waals surface area contributed by atoms with Gasteiger partial charge in [-0.25, -0.2) is 0 Å². The number of aryl methyl sites for hydroxylation is 3. The average molecular weight is 548 g/mol. The van der Waals surface area contributed by atoms with Gasteiger partial charge >= 0.3 is 0 Å². The summed E-state index contributed by atoms with van der Waals surface area (Å²) in [4.78, 5) is 16.0. The van der Waals surface area contributed by atoms with Gasteiger partial charge in [0, 0.05) is 29.2 Å². The summed E-state index contributed by atoms with van der Waals surface area (Å²) in [5, 5.41) is 10.5. The van der Waals surface area contributed by atoms with Crippen LogP contribution in [0.25, 0.3) is 0 Å². The van der Waals surface area contributed by atoms with Crippen LogP contribution in [-0.2, 0) is 16.3 Å². The number of Topliss-reactive ketones (excluding diaryl/α,β-unsaturated/α-hetero) is 1. The second kappa shape index (κ2) is 11.0. The Bertz CT molecular complexity index is 1580. The number of hydrogen-bond donors (Lipinski definition) is 1. The van der Waals surface area contributed by atoms with Crippen molar-refractivity contribution in [3.8, 4) is 6.07 Å². The molecule has 4 nitrogen and oxygen atoms in total. The Labute approximate surface area is 242 Å². The van der Waals surface area contributed by atoms with E-state index in [1.54, 1.807) is 0 Å². The predicted octanol–water partition coefficient (Wildman–Crippen LogP) is 7.99. The molecule has 0 amide bonds. The first-order chi connectivity index (χ1) is 19.1. The summed E-state index contributed by atoms with van der Waals surface area (Å²) in [6.45, 7) is 10.5. The second-order valence-electron chi connectivity index (χ2n) is 11.9. The lowest BCUT2D eigenvalue weighted by Crippen LogP contribution is -2.42. The van der Waals surface area contributed by atoms with Crippen LogP contribution in [0.15, 0.2) is 89.4 Å². The number of carbonyl (C=O) groups is 1. The molecule has 0 saturated heterocycles. The maximum absolute atomic E-state index is 14.0. The third kappa shape index (κ3) is 5.21. The van der Waals surface area contributed by atoms with Crippen LogP contribution >= 0.6 is 11.8 Å². The monoisotopic (exact) mass is 547 g/mol. The summed E-state index contributed by atoms with van der Waals surface area (Å²) < 4.78 is 0. The molecule has 1 aliphatic heterocycles. The Balaban J connectivity index is 1.63. The SMILES string of the molecule is Cc1cc(C)c(C2C(C#N)=C(N)N(c3ccccc3C)C3=C2C(=O)CC(C)(C)C3)cc1CSCc1ccccc1. The third-order valence-electron chi connectivity index (χ3n) is 8.14. The molecule has 0 spiro atoms. The molecule has 0 saturated carbocycles. The minimum Gasteiger partial charge on any atom is -0.384 e. The Morgan fingerprint density at radius 2 is 1.65 bits per heavy atom. The molecule has 1 aliphatic carbocycles. The number of thioether (sulfide) groups is 1. The minimum absolute atomic E-state index is 0.107. The van der Waals surface area contributed by atoms with Crippen molar-refractivity contribution in [1.29, 1.82) is 5.26 Å². The van der Waals surface area contributed by atoms with Gasteiger partial charge in [-0.15, -0.1) is 0 Å².